The molecule has 0 spiro atoms. The number of rotatable bonds is 8. The summed E-state index contributed by atoms with van der Waals surface area (Å²) in [7, 11) is 0. The van der Waals surface area contributed by atoms with E-state index in [1.807, 2.05) is 0 Å². The third kappa shape index (κ3) is 5.49. The Morgan fingerprint density at radius 2 is 1.77 bits per heavy atom. The Bertz CT molecular complexity index is 951. The van der Waals surface area contributed by atoms with Gasteiger partial charge < -0.3 is 14.7 Å². The summed E-state index contributed by atoms with van der Waals surface area (Å²) in [6.45, 7) is 14.5. The fourth-order valence-electron chi connectivity index (χ4n) is 10.0. The van der Waals surface area contributed by atoms with E-state index in [4.69, 9.17) is 9.47 Å². The Labute approximate surface area is 234 Å². The lowest BCUT2D eigenvalue weighted by molar-refractivity contribution is -0.205. The van der Waals surface area contributed by atoms with Crippen molar-refractivity contribution in [2.75, 3.05) is 0 Å². The van der Waals surface area contributed by atoms with Crippen LogP contribution in [0, 0.1) is 51.5 Å². The van der Waals surface area contributed by atoms with Crippen molar-refractivity contribution in [1.29, 1.82) is 0 Å². The fraction of sp³-hybridized carbons (Fsp3) is 0.903. The lowest BCUT2D eigenvalue weighted by Gasteiger charge is -2.65. The molecule has 0 aromatic heterocycles. The van der Waals surface area contributed by atoms with Crippen LogP contribution in [0.3, 0.4) is 0 Å². The number of carbonyl (C=O) groups excluding carboxylic acids is 2. The van der Waals surface area contributed by atoms with Gasteiger partial charge in [0.05, 0.1) is 5.71 Å². The van der Waals surface area contributed by atoms with Gasteiger partial charge in [-0.3, -0.25) is 14.8 Å². The van der Waals surface area contributed by atoms with Gasteiger partial charge in [0, 0.05) is 25.7 Å². The van der Waals surface area contributed by atoms with E-state index in [1.165, 1.54) is 39.5 Å². The first-order valence-electron chi connectivity index (χ1n) is 15.3. The number of esters is 2. The number of nitrogens with zero attached hydrogens (tertiary/aromatic N) is 2. The third-order valence-electron chi connectivity index (χ3n) is 11.6. The third-order valence-corrected chi connectivity index (χ3v) is 11.6. The van der Waals surface area contributed by atoms with E-state index in [-0.39, 0.29) is 23.1 Å². The highest BCUT2D eigenvalue weighted by molar-refractivity contribution is 5.96. The van der Waals surface area contributed by atoms with E-state index in [0.29, 0.717) is 54.6 Å². The van der Waals surface area contributed by atoms with E-state index in [1.54, 1.807) is 0 Å². The van der Waals surface area contributed by atoms with Gasteiger partial charge in [0.25, 0.3) is 0 Å². The molecule has 0 amide bonds. The lowest BCUT2D eigenvalue weighted by atomic mass is 9.42. The zero-order chi connectivity index (χ0) is 28.8. The molecule has 4 saturated carbocycles. The topological polar surface area (TPSA) is 111 Å². The smallest absolute Gasteiger partial charge is 0.303 e. The maximum absolute atomic E-state index is 12.6. The summed E-state index contributed by atoms with van der Waals surface area (Å²) in [6.07, 6.45) is 10.1. The Morgan fingerprint density at radius 1 is 1.05 bits per heavy atom. The van der Waals surface area contributed by atoms with Crippen molar-refractivity contribution in [1.82, 2.24) is 5.34 Å². The van der Waals surface area contributed by atoms with Gasteiger partial charge in [-0.05, 0) is 85.9 Å². The van der Waals surface area contributed by atoms with Crippen LogP contribution in [0.4, 0.5) is 0 Å². The van der Waals surface area contributed by atoms with Crippen molar-refractivity contribution >= 4 is 17.7 Å². The standard InChI is InChI=1S/C31H51N2O6/c1-19(2)9-8-10-20(3)25-11-12-26-24-17-28(32-33(36)37)31(39-22(5)35)18-23(38-21(4)34)13-16-30(31,7)27(24)14-15-29(25,26)6/h19-20,23-27,36H,8-18H2,1-7H3/q-1. The van der Waals surface area contributed by atoms with Crippen LogP contribution in [0.2, 0.25) is 0 Å². The van der Waals surface area contributed by atoms with Crippen LogP contribution in [-0.4, -0.2) is 39.9 Å². The molecule has 0 saturated heterocycles. The number of ether oxygens (including phenoxy) is 2. The quantitative estimate of drug-likeness (QED) is 0.260. The van der Waals surface area contributed by atoms with Gasteiger partial charge in [0.1, 0.15) is 6.10 Å². The first kappa shape index (κ1) is 30.3. The van der Waals surface area contributed by atoms with E-state index in [9.17, 15) is 20.0 Å². The summed E-state index contributed by atoms with van der Waals surface area (Å²) in [5.41, 5.74) is -1.02. The van der Waals surface area contributed by atoms with Crippen LogP contribution >= 0.6 is 0 Å². The van der Waals surface area contributed by atoms with E-state index in [0.717, 1.165) is 25.2 Å². The maximum Gasteiger partial charge on any atom is 0.303 e. The molecule has 4 fully saturated rings. The molecule has 9 atom stereocenters. The Hall–Kier alpha value is -1.67. The van der Waals surface area contributed by atoms with Gasteiger partial charge in [0.15, 0.2) is 5.60 Å². The molecule has 39 heavy (non-hydrogen) atoms. The fourth-order valence-corrected chi connectivity index (χ4v) is 10.0. The first-order chi connectivity index (χ1) is 18.2. The van der Waals surface area contributed by atoms with Gasteiger partial charge in [-0.2, -0.15) is 5.10 Å². The van der Waals surface area contributed by atoms with Crippen LogP contribution in [0.1, 0.15) is 119 Å². The average Bonchev–Trinajstić information content (AvgIpc) is 3.16. The van der Waals surface area contributed by atoms with Crippen molar-refractivity contribution in [3.63, 3.8) is 0 Å². The molecular formula is C31H51N2O6-. The van der Waals surface area contributed by atoms with Crippen molar-refractivity contribution in [2.45, 2.75) is 131 Å². The average molecular weight is 548 g/mol. The molecule has 8 nitrogen and oxygen atoms in total. The van der Waals surface area contributed by atoms with Crippen LogP contribution in [0.25, 0.3) is 0 Å². The SMILES string of the molecule is CC(=O)OC1CCC2(C)C3CCC4(C)C(C(C)CCCC(C)C)CCC4C3CC(=NN([O-])O)C2(OC(C)=O)C1. The lowest BCUT2D eigenvalue weighted by Crippen LogP contribution is -2.69. The van der Waals surface area contributed by atoms with Gasteiger partial charge in [-0.25, -0.2) is 5.34 Å². The predicted molar refractivity (Wildman–Crippen MR) is 149 cm³/mol. The Balaban J connectivity index is 1.68. The van der Waals surface area contributed by atoms with Crippen molar-refractivity contribution in [3.8, 4) is 0 Å². The molecule has 0 aromatic carbocycles. The molecule has 4 aliphatic rings. The maximum atomic E-state index is 12.6. The van der Waals surface area contributed by atoms with Crippen molar-refractivity contribution in [3.05, 3.63) is 5.21 Å². The number of carbonyl (C=O) groups is 2. The summed E-state index contributed by atoms with van der Waals surface area (Å²) in [6, 6.07) is 0. The summed E-state index contributed by atoms with van der Waals surface area (Å²) in [4.78, 5) is 24.4. The van der Waals surface area contributed by atoms with Crippen LogP contribution in [0.5, 0.6) is 0 Å². The Morgan fingerprint density at radius 3 is 2.38 bits per heavy atom. The summed E-state index contributed by atoms with van der Waals surface area (Å²) in [5, 5.41) is 25.4. The molecule has 222 valence electrons. The Kier molecular flexibility index (Phi) is 8.78. The highest BCUT2D eigenvalue weighted by Gasteiger charge is 2.69. The summed E-state index contributed by atoms with van der Waals surface area (Å²) >= 11 is 0. The number of hydrogen-bond donors (Lipinski definition) is 1. The molecule has 1 N–H and O–H groups in total. The highest BCUT2D eigenvalue weighted by atomic mass is 16.8. The zero-order valence-corrected chi connectivity index (χ0v) is 25.2. The second-order valence-electron chi connectivity index (χ2n) is 14.2. The molecular weight excluding hydrogens is 496 g/mol. The molecule has 8 heteroatoms. The van der Waals surface area contributed by atoms with Crippen LogP contribution < -0.4 is 0 Å². The molecule has 4 rings (SSSR count). The van der Waals surface area contributed by atoms with Gasteiger partial charge in [-0.15, -0.1) is 0 Å². The highest BCUT2D eigenvalue weighted by Crippen LogP contribution is 2.69. The monoisotopic (exact) mass is 547 g/mol. The molecule has 0 aromatic rings. The minimum absolute atomic E-state index is 0.229. The molecule has 0 radical (unpaired) electrons. The van der Waals surface area contributed by atoms with E-state index < -0.39 is 23.1 Å². The van der Waals surface area contributed by atoms with Gasteiger partial charge >= 0.3 is 11.9 Å². The predicted octanol–water partition coefficient (Wildman–Crippen LogP) is 6.88. The summed E-state index contributed by atoms with van der Waals surface area (Å²) < 4.78 is 11.8. The van der Waals surface area contributed by atoms with Crippen LogP contribution in [-0.2, 0) is 19.1 Å². The van der Waals surface area contributed by atoms with E-state index in [2.05, 4.69) is 39.7 Å². The first-order valence-corrected chi connectivity index (χ1v) is 15.3. The molecule has 0 bridgehead atoms. The molecule has 4 aliphatic carbocycles. The molecule has 9 unspecified atom stereocenters. The van der Waals surface area contributed by atoms with Gasteiger partial charge in [-0.1, -0.05) is 53.9 Å². The largest absolute Gasteiger partial charge is 0.716 e. The minimum atomic E-state index is -1.19. The molecule has 0 aliphatic heterocycles. The minimum Gasteiger partial charge on any atom is -0.716 e. The van der Waals surface area contributed by atoms with E-state index >= 15 is 0 Å². The van der Waals surface area contributed by atoms with Crippen molar-refractivity contribution in [2.24, 2.45) is 51.4 Å². The molecule has 0 heterocycles. The van der Waals surface area contributed by atoms with Crippen LogP contribution in [0.15, 0.2) is 5.10 Å². The zero-order valence-electron chi connectivity index (χ0n) is 25.2. The second-order valence-corrected chi connectivity index (χ2v) is 14.2. The summed E-state index contributed by atoms with van der Waals surface area (Å²) in [5.74, 6) is 2.35. The van der Waals surface area contributed by atoms with Crippen molar-refractivity contribution < 1.29 is 24.3 Å². The second kappa shape index (κ2) is 11.3. The normalized spacial score (nSPS) is 41.4. The van der Waals surface area contributed by atoms with Gasteiger partial charge in [0.2, 0.25) is 0 Å². The number of hydrazone groups is 1. The number of hydrogen-bond acceptors (Lipinski definition) is 8. The number of fused-ring (bicyclic) bond motifs is 5.